The number of halogens is 2. The Balaban J connectivity index is 0.000000241. The molecular weight excluding hydrogens is 509 g/mol. The van der Waals surface area contributed by atoms with Crippen LogP contribution in [0.1, 0.15) is 5.56 Å². The number of likely N-dealkylation sites (N-methyl/N-ethyl adjacent to an activating group) is 2. The summed E-state index contributed by atoms with van der Waals surface area (Å²) >= 11 is 12.6. The Morgan fingerprint density at radius 3 is 2.40 bits per heavy atom. The van der Waals surface area contributed by atoms with E-state index in [1.165, 1.54) is 0 Å². The zero-order valence-corrected chi connectivity index (χ0v) is 21.5. The first-order valence-corrected chi connectivity index (χ1v) is 12.2. The van der Waals surface area contributed by atoms with Gasteiger partial charge >= 0.3 is 0 Å². The molecule has 0 fully saturated rings. The van der Waals surface area contributed by atoms with Crippen LogP contribution in [0, 0.1) is 0 Å². The number of carbonyl (C=O) groups is 2. The van der Waals surface area contributed by atoms with Gasteiger partial charge in [-0.25, -0.2) is 0 Å². The van der Waals surface area contributed by atoms with Crippen molar-refractivity contribution in [1.29, 1.82) is 0 Å². The molecule has 184 valence electrons. The van der Waals surface area contributed by atoms with Gasteiger partial charge in [0.05, 0.1) is 6.04 Å². The fourth-order valence-corrected chi connectivity index (χ4v) is 4.51. The Morgan fingerprint density at radius 2 is 1.74 bits per heavy atom. The number of nitrogens with zero attached hydrogens (tertiary/aromatic N) is 1. The van der Waals surface area contributed by atoms with E-state index in [1.54, 1.807) is 37.2 Å². The number of hydrogen-bond acceptors (Lipinski definition) is 6. The van der Waals surface area contributed by atoms with Crippen LogP contribution in [0.3, 0.4) is 0 Å². The predicted octanol–water partition coefficient (Wildman–Crippen LogP) is 4.96. The van der Waals surface area contributed by atoms with Crippen LogP contribution in [0.4, 0.5) is 5.69 Å². The van der Waals surface area contributed by atoms with Gasteiger partial charge in [0, 0.05) is 33.7 Å². The van der Waals surface area contributed by atoms with Crippen molar-refractivity contribution >= 4 is 53.2 Å². The molecule has 35 heavy (non-hydrogen) atoms. The fraction of sp³-hybridized carbons (Fsp3) is 0.200. The van der Waals surface area contributed by atoms with Gasteiger partial charge in [0.15, 0.2) is 11.5 Å². The molecule has 0 saturated heterocycles. The highest BCUT2D eigenvalue weighted by Crippen LogP contribution is 2.35. The lowest BCUT2D eigenvalue weighted by atomic mass is 10.0. The van der Waals surface area contributed by atoms with Crippen LogP contribution < -0.4 is 24.4 Å². The van der Waals surface area contributed by atoms with Crippen LogP contribution in [0.2, 0.25) is 10.0 Å². The molecule has 0 saturated carbocycles. The first-order valence-electron chi connectivity index (χ1n) is 10.6. The number of nitrogens with one attached hydrogen (secondary N) is 2. The molecule has 4 rings (SSSR count). The van der Waals surface area contributed by atoms with Crippen LogP contribution in [-0.4, -0.2) is 39.2 Å². The number of anilines is 1. The molecule has 0 radical (unpaired) electrons. The van der Waals surface area contributed by atoms with E-state index in [0.717, 1.165) is 28.1 Å². The minimum absolute atomic E-state index is 0.00946. The summed E-state index contributed by atoms with van der Waals surface area (Å²) in [6, 6.07) is 20.3. The zero-order valence-electron chi connectivity index (χ0n) is 19.2. The van der Waals surface area contributed by atoms with Crippen molar-refractivity contribution in [3.8, 4) is 11.5 Å². The number of benzene rings is 3. The highest BCUT2D eigenvalue weighted by molar-refractivity contribution is 7.97. The molecule has 3 aromatic rings. The molecule has 3 aromatic carbocycles. The summed E-state index contributed by atoms with van der Waals surface area (Å²) in [4.78, 5) is 25.2. The Bertz CT molecular complexity index is 1130. The number of fused-ring (bicyclic) bond motifs is 1. The average Bonchev–Trinajstić information content (AvgIpc) is 3.33. The van der Waals surface area contributed by atoms with E-state index in [-0.39, 0.29) is 18.7 Å². The lowest BCUT2D eigenvalue weighted by molar-refractivity contribution is -0.120. The number of hydrogen-bond donors (Lipinski definition) is 2. The number of carbonyl (C=O) groups excluding carboxylic acids is 2. The van der Waals surface area contributed by atoms with Crippen molar-refractivity contribution in [1.82, 2.24) is 10.0 Å². The van der Waals surface area contributed by atoms with Gasteiger partial charge in [0.25, 0.3) is 0 Å². The molecule has 2 amide bonds. The summed E-state index contributed by atoms with van der Waals surface area (Å²) in [7, 11) is 3.58. The first kappa shape index (κ1) is 26.7. The minimum atomic E-state index is -0.284. The van der Waals surface area contributed by atoms with Crippen LogP contribution >= 0.6 is 35.1 Å². The van der Waals surface area contributed by atoms with Crippen LogP contribution in [-0.2, 0) is 16.0 Å². The van der Waals surface area contributed by atoms with Gasteiger partial charge < -0.3 is 19.7 Å². The monoisotopic (exact) mass is 533 g/mol. The molecular formula is C25H25Cl2N3O4S. The maximum atomic E-state index is 12.8. The van der Waals surface area contributed by atoms with Gasteiger partial charge in [-0.3, -0.25) is 14.3 Å². The van der Waals surface area contributed by atoms with E-state index < -0.39 is 0 Å². The number of rotatable bonds is 8. The minimum Gasteiger partial charge on any atom is -0.454 e. The standard InChI is InChI=1S/C18H20N2O3.C7H5Cl2NOS/c1-19-15(10-13-6-4-3-5-7-13)18(21)20(2)14-8-9-16-17(11-14)23-12-22-16;8-5-1-6(9)3-7(2-5)12-10-4-11/h3-9,11,15,19H,10,12H2,1-2H3;1-4H,(H,10,11). The third-order valence-electron chi connectivity index (χ3n) is 5.06. The third kappa shape index (κ3) is 7.80. The maximum absolute atomic E-state index is 12.8. The van der Waals surface area contributed by atoms with E-state index >= 15 is 0 Å². The van der Waals surface area contributed by atoms with Crippen molar-refractivity contribution in [2.75, 3.05) is 25.8 Å². The highest BCUT2D eigenvalue weighted by atomic mass is 35.5. The van der Waals surface area contributed by atoms with Crippen molar-refractivity contribution in [3.05, 3.63) is 82.3 Å². The van der Waals surface area contributed by atoms with E-state index in [2.05, 4.69) is 10.0 Å². The lowest BCUT2D eigenvalue weighted by Gasteiger charge is -2.24. The molecule has 0 bridgehead atoms. The summed E-state index contributed by atoms with van der Waals surface area (Å²) in [5, 5.41) is 4.21. The Morgan fingerprint density at radius 1 is 1.06 bits per heavy atom. The Labute approximate surface area is 218 Å². The lowest BCUT2D eigenvalue weighted by Crippen LogP contribution is -2.45. The molecule has 0 spiro atoms. The topological polar surface area (TPSA) is 79.9 Å². The van der Waals surface area contributed by atoms with Crippen molar-refractivity contribution in [2.45, 2.75) is 17.4 Å². The van der Waals surface area contributed by atoms with E-state index in [9.17, 15) is 9.59 Å². The summed E-state index contributed by atoms with van der Waals surface area (Å²) in [6.45, 7) is 0.226. The van der Waals surface area contributed by atoms with E-state index in [4.69, 9.17) is 32.7 Å². The zero-order chi connectivity index (χ0) is 25.2. The summed E-state index contributed by atoms with van der Waals surface area (Å²) < 4.78 is 13.1. The predicted molar refractivity (Wildman–Crippen MR) is 140 cm³/mol. The summed E-state index contributed by atoms with van der Waals surface area (Å²) in [5.74, 6) is 1.39. The molecule has 1 aliphatic rings. The quantitative estimate of drug-likeness (QED) is 0.315. The van der Waals surface area contributed by atoms with Gasteiger partial charge in [-0.1, -0.05) is 53.5 Å². The van der Waals surface area contributed by atoms with Crippen LogP contribution in [0.5, 0.6) is 11.5 Å². The van der Waals surface area contributed by atoms with Gasteiger partial charge in [-0.15, -0.1) is 0 Å². The number of ether oxygens (including phenoxy) is 2. The second-order valence-corrected chi connectivity index (χ2v) is 9.19. The summed E-state index contributed by atoms with van der Waals surface area (Å²) in [5.41, 5.74) is 1.91. The normalized spacial score (nSPS) is 12.2. The first-order chi connectivity index (χ1) is 16.9. The van der Waals surface area contributed by atoms with E-state index in [1.807, 2.05) is 48.5 Å². The third-order valence-corrected chi connectivity index (χ3v) is 6.19. The molecule has 1 heterocycles. The molecule has 0 aliphatic carbocycles. The molecule has 10 heteroatoms. The molecule has 0 aromatic heterocycles. The molecule has 1 atom stereocenters. The average molecular weight is 534 g/mol. The Hall–Kier alpha value is -2.91. The highest BCUT2D eigenvalue weighted by Gasteiger charge is 2.23. The smallest absolute Gasteiger partial charge is 0.244 e. The van der Waals surface area contributed by atoms with Crippen LogP contribution in [0.15, 0.2) is 71.6 Å². The molecule has 1 aliphatic heterocycles. The SMILES string of the molecule is CNC(Cc1ccccc1)C(=O)N(C)c1ccc2c(c1)OCO2.O=CNSc1cc(Cl)cc(Cl)c1. The Kier molecular flexibility index (Phi) is 10.1. The molecule has 7 nitrogen and oxygen atoms in total. The molecule has 1 unspecified atom stereocenters. The van der Waals surface area contributed by atoms with Gasteiger partial charge in [0.1, 0.15) is 0 Å². The second kappa shape index (κ2) is 13.3. The largest absolute Gasteiger partial charge is 0.454 e. The van der Waals surface area contributed by atoms with Gasteiger partial charge in [0.2, 0.25) is 19.1 Å². The number of amides is 2. The van der Waals surface area contributed by atoms with Gasteiger partial charge in [-0.05, 0) is 61.3 Å². The van der Waals surface area contributed by atoms with E-state index in [0.29, 0.717) is 34.4 Å². The maximum Gasteiger partial charge on any atom is 0.244 e. The fourth-order valence-electron chi connectivity index (χ4n) is 3.30. The second-order valence-electron chi connectivity index (χ2n) is 7.41. The van der Waals surface area contributed by atoms with Crippen molar-refractivity contribution in [2.24, 2.45) is 0 Å². The van der Waals surface area contributed by atoms with Crippen molar-refractivity contribution in [3.63, 3.8) is 0 Å². The van der Waals surface area contributed by atoms with Gasteiger partial charge in [-0.2, -0.15) is 0 Å². The van der Waals surface area contributed by atoms with Crippen LogP contribution in [0.25, 0.3) is 0 Å². The molecule has 2 N–H and O–H groups in total. The van der Waals surface area contributed by atoms with Crippen molar-refractivity contribution < 1.29 is 19.1 Å². The summed E-state index contributed by atoms with van der Waals surface area (Å²) in [6.07, 6.45) is 1.24.